The SMILES string of the molecule is Cc1cc(F)cc(C(=O)NC2C(N)C3CCOC32)c1. The van der Waals surface area contributed by atoms with E-state index in [1.807, 2.05) is 0 Å². The summed E-state index contributed by atoms with van der Waals surface area (Å²) in [5.41, 5.74) is 7.07. The third kappa shape index (κ3) is 2.13. The molecule has 4 unspecified atom stereocenters. The van der Waals surface area contributed by atoms with Crippen molar-refractivity contribution in [2.45, 2.75) is 31.5 Å². The molecule has 4 nitrogen and oxygen atoms in total. The number of carbonyl (C=O) groups excluding carboxylic acids is 1. The Bertz CT molecular complexity index is 500. The minimum absolute atomic E-state index is 0.0219. The van der Waals surface area contributed by atoms with Gasteiger partial charge in [-0.2, -0.15) is 0 Å². The number of hydrogen-bond acceptors (Lipinski definition) is 3. The van der Waals surface area contributed by atoms with Crippen LogP contribution >= 0.6 is 0 Å². The van der Waals surface area contributed by atoms with E-state index in [1.54, 1.807) is 13.0 Å². The van der Waals surface area contributed by atoms with Crippen molar-refractivity contribution in [3.8, 4) is 0 Å². The second-order valence-corrected chi connectivity index (χ2v) is 5.38. The maximum Gasteiger partial charge on any atom is 0.251 e. The third-order valence-corrected chi connectivity index (χ3v) is 4.05. The minimum atomic E-state index is -0.405. The van der Waals surface area contributed by atoms with Crippen molar-refractivity contribution in [2.75, 3.05) is 6.61 Å². The lowest BCUT2D eigenvalue weighted by atomic mass is 9.72. The molecular formula is C14H17FN2O2. The Hall–Kier alpha value is -1.46. The third-order valence-electron chi connectivity index (χ3n) is 4.05. The van der Waals surface area contributed by atoms with Gasteiger partial charge in [-0.15, -0.1) is 0 Å². The Morgan fingerprint density at radius 1 is 1.47 bits per heavy atom. The molecule has 1 aliphatic heterocycles. The molecule has 1 saturated heterocycles. The molecule has 0 bridgehead atoms. The van der Waals surface area contributed by atoms with Gasteiger partial charge in [-0.25, -0.2) is 4.39 Å². The summed E-state index contributed by atoms with van der Waals surface area (Å²) in [4.78, 5) is 12.1. The summed E-state index contributed by atoms with van der Waals surface area (Å²) < 4.78 is 18.8. The van der Waals surface area contributed by atoms with Gasteiger partial charge in [0.2, 0.25) is 0 Å². The summed E-state index contributed by atoms with van der Waals surface area (Å²) in [5, 5.41) is 2.85. The number of benzene rings is 1. The minimum Gasteiger partial charge on any atom is -0.376 e. The molecule has 19 heavy (non-hydrogen) atoms. The average Bonchev–Trinajstić information content (AvgIpc) is 2.79. The van der Waals surface area contributed by atoms with Gasteiger partial charge in [0, 0.05) is 24.1 Å². The van der Waals surface area contributed by atoms with E-state index in [2.05, 4.69) is 5.32 Å². The fourth-order valence-electron chi connectivity index (χ4n) is 3.03. The molecule has 4 atom stereocenters. The fraction of sp³-hybridized carbons (Fsp3) is 0.500. The van der Waals surface area contributed by atoms with E-state index in [0.717, 1.165) is 12.0 Å². The maximum atomic E-state index is 13.3. The summed E-state index contributed by atoms with van der Waals surface area (Å²) in [6.07, 6.45) is 0.977. The zero-order chi connectivity index (χ0) is 13.6. The smallest absolute Gasteiger partial charge is 0.251 e. The van der Waals surface area contributed by atoms with Crippen LogP contribution in [0.2, 0.25) is 0 Å². The standard InChI is InChI=1S/C14H17FN2O2/c1-7-4-8(6-9(15)5-7)14(18)17-12-11(16)10-2-3-19-13(10)12/h4-6,10-13H,2-3,16H2,1H3,(H,17,18). The summed E-state index contributed by atoms with van der Waals surface area (Å²) in [5.74, 6) is -0.352. The van der Waals surface area contributed by atoms with Gasteiger partial charge >= 0.3 is 0 Å². The number of fused-ring (bicyclic) bond motifs is 1. The van der Waals surface area contributed by atoms with Crippen molar-refractivity contribution in [1.29, 1.82) is 0 Å². The van der Waals surface area contributed by atoms with Crippen LogP contribution in [-0.4, -0.2) is 30.7 Å². The molecule has 3 N–H and O–H groups in total. The van der Waals surface area contributed by atoms with E-state index in [9.17, 15) is 9.18 Å². The number of carbonyl (C=O) groups is 1. The largest absolute Gasteiger partial charge is 0.376 e. The number of amides is 1. The number of nitrogens with one attached hydrogen (secondary N) is 1. The lowest BCUT2D eigenvalue weighted by molar-refractivity contribution is -0.0161. The van der Waals surface area contributed by atoms with E-state index in [0.29, 0.717) is 18.1 Å². The molecule has 1 saturated carbocycles. The monoisotopic (exact) mass is 264 g/mol. The molecule has 3 rings (SSSR count). The topological polar surface area (TPSA) is 64.4 Å². The molecule has 2 aliphatic rings. The summed E-state index contributed by atoms with van der Waals surface area (Å²) >= 11 is 0. The zero-order valence-corrected chi connectivity index (χ0v) is 10.7. The van der Waals surface area contributed by atoms with Crippen LogP contribution in [0.25, 0.3) is 0 Å². The highest BCUT2D eigenvalue weighted by molar-refractivity contribution is 5.94. The average molecular weight is 264 g/mol. The molecule has 1 heterocycles. The van der Waals surface area contributed by atoms with Gasteiger partial charge in [-0.3, -0.25) is 4.79 Å². The zero-order valence-electron chi connectivity index (χ0n) is 10.7. The fourth-order valence-corrected chi connectivity index (χ4v) is 3.03. The first-order valence-corrected chi connectivity index (χ1v) is 6.51. The van der Waals surface area contributed by atoms with Crippen LogP contribution in [0.1, 0.15) is 22.3 Å². The van der Waals surface area contributed by atoms with Gasteiger partial charge in [0.25, 0.3) is 5.91 Å². The van der Waals surface area contributed by atoms with Crippen molar-refractivity contribution < 1.29 is 13.9 Å². The van der Waals surface area contributed by atoms with E-state index in [4.69, 9.17) is 10.5 Å². The molecule has 102 valence electrons. The van der Waals surface area contributed by atoms with Gasteiger partial charge in [0.1, 0.15) is 5.82 Å². The Morgan fingerprint density at radius 2 is 2.26 bits per heavy atom. The van der Waals surface area contributed by atoms with Crippen LogP contribution in [-0.2, 0) is 4.74 Å². The first-order chi connectivity index (χ1) is 9.06. The van der Waals surface area contributed by atoms with Crippen molar-refractivity contribution >= 4 is 5.91 Å². The van der Waals surface area contributed by atoms with Crippen LogP contribution < -0.4 is 11.1 Å². The van der Waals surface area contributed by atoms with Crippen LogP contribution in [0.5, 0.6) is 0 Å². The lowest BCUT2D eigenvalue weighted by Gasteiger charge is -2.45. The number of halogens is 1. The highest BCUT2D eigenvalue weighted by atomic mass is 19.1. The van der Waals surface area contributed by atoms with E-state index >= 15 is 0 Å². The quantitative estimate of drug-likeness (QED) is 0.837. The van der Waals surface area contributed by atoms with Gasteiger partial charge in [-0.1, -0.05) is 0 Å². The van der Waals surface area contributed by atoms with Crippen molar-refractivity contribution in [3.63, 3.8) is 0 Å². The number of nitrogens with two attached hydrogens (primary N) is 1. The Kier molecular flexibility index (Phi) is 3.03. The van der Waals surface area contributed by atoms with Crippen molar-refractivity contribution in [3.05, 3.63) is 35.1 Å². The second-order valence-electron chi connectivity index (χ2n) is 5.38. The van der Waals surface area contributed by atoms with Gasteiger partial charge < -0.3 is 15.8 Å². The molecule has 1 amide bonds. The Balaban J connectivity index is 1.71. The van der Waals surface area contributed by atoms with Gasteiger partial charge in [-0.05, 0) is 37.1 Å². The maximum absolute atomic E-state index is 13.3. The van der Waals surface area contributed by atoms with Crippen LogP contribution in [0.3, 0.4) is 0 Å². The Labute approximate surface area is 111 Å². The van der Waals surface area contributed by atoms with Crippen LogP contribution in [0, 0.1) is 18.7 Å². The molecule has 2 fully saturated rings. The highest BCUT2D eigenvalue weighted by Gasteiger charge is 2.52. The molecule has 1 aliphatic carbocycles. The van der Waals surface area contributed by atoms with E-state index < -0.39 is 5.82 Å². The number of aryl methyl sites for hydroxylation is 1. The normalized spacial score (nSPS) is 32.6. The summed E-state index contributed by atoms with van der Waals surface area (Å²) in [6, 6.07) is 4.06. The van der Waals surface area contributed by atoms with Crippen LogP contribution in [0.4, 0.5) is 4.39 Å². The first kappa shape index (κ1) is 12.6. The predicted molar refractivity (Wildman–Crippen MR) is 68.2 cm³/mol. The molecular weight excluding hydrogens is 247 g/mol. The second kappa shape index (κ2) is 4.58. The number of rotatable bonds is 2. The molecule has 0 radical (unpaired) electrons. The lowest BCUT2D eigenvalue weighted by Crippen LogP contribution is -2.68. The molecule has 1 aromatic rings. The van der Waals surface area contributed by atoms with Crippen LogP contribution in [0.15, 0.2) is 18.2 Å². The Morgan fingerprint density at radius 3 is 3.00 bits per heavy atom. The molecule has 0 aromatic heterocycles. The molecule has 0 spiro atoms. The number of hydrogen-bond donors (Lipinski definition) is 2. The summed E-state index contributed by atoms with van der Waals surface area (Å²) in [7, 11) is 0. The van der Waals surface area contributed by atoms with Gasteiger partial charge in [0.15, 0.2) is 0 Å². The van der Waals surface area contributed by atoms with Gasteiger partial charge in [0.05, 0.1) is 12.1 Å². The van der Waals surface area contributed by atoms with E-state index in [-0.39, 0.29) is 24.1 Å². The molecule has 1 aromatic carbocycles. The van der Waals surface area contributed by atoms with Crippen molar-refractivity contribution in [2.24, 2.45) is 11.7 Å². The highest BCUT2D eigenvalue weighted by Crippen LogP contribution is 2.37. The molecule has 5 heteroatoms. The first-order valence-electron chi connectivity index (χ1n) is 6.51. The van der Waals surface area contributed by atoms with E-state index in [1.165, 1.54) is 12.1 Å². The predicted octanol–water partition coefficient (Wildman–Crippen LogP) is 0.979. The van der Waals surface area contributed by atoms with Crippen molar-refractivity contribution in [1.82, 2.24) is 5.32 Å². The summed E-state index contributed by atoms with van der Waals surface area (Å²) in [6.45, 7) is 2.46. The number of ether oxygens (including phenoxy) is 1.